The number of alkyl halides is 2. The van der Waals surface area contributed by atoms with Gasteiger partial charge in [-0.3, -0.25) is 0 Å². The maximum atomic E-state index is 9.71. The van der Waals surface area contributed by atoms with Crippen LogP contribution in [0.1, 0.15) is 40.0 Å². The zero-order chi connectivity index (χ0) is 11.1. The molecule has 1 saturated carbocycles. The average Bonchev–Trinajstić information content (AvgIpc) is 2.04. The summed E-state index contributed by atoms with van der Waals surface area (Å²) in [7, 11) is 0. The van der Waals surface area contributed by atoms with Crippen molar-refractivity contribution in [2.45, 2.75) is 46.1 Å². The third-order valence-corrected chi connectivity index (χ3v) is 2.99. The molecule has 1 fully saturated rings. The summed E-state index contributed by atoms with van der Waals surface area (Å²) in [6.45, 7) is 6.66. The van der Waals surface area contributed by atoms with E-state index in [4.69, 9.17) is 23.2 Å². The molecule has 1 nitrogen and oxygen atoms in total. The molecule has 0 aromatic carbocycles. The van der Waals surface area contributed by atoms with Gasteiger partial charge >= 0.3 is 0 Å². The van der Waals surface area contributed by atoms with Crippen LogP contribution >= 0.6 is 23.2 Å². The van der Waals surface area contributed by atoms with E-state index in [2.05, 4.69) is 20.8 Å². The molecule has 0 amide bonds. The Labute approximate surface area is 97.8 Å². The molecule has 1 rings (SSSR count). The molecule has 1 aliphatic carbocycles. The first-order chi connectivity index (χ1) is 6.52. The van der Waals surface area contributed by atoms with Gasteiger partial charge in [0.1, 0.15) is 0 Å². The number of aliphatic hydroxyl groups excluding tert-OH is 1. The van der Waals surface area contributed by atoms with E-state index >= 15 is 0 Å². The Morgan fingerprint density at radius 3 is 2.14 bits per heavy atom. The van der Waals surface area contributed by atoms with Crippen LogP contribution in [-0.4, -0.2) is 16.5 Å². The maximum Gasteiger partial charge on any atom is 0.0967 e. The molecule has 1 aliphatic rings. The van der Waals surface area contributed by atoms with Gasteiger partial charge in [-0.15, -0.1) is 23.2 Å². The van der Waals surface area contributed by atoms with Crippen LogP contribution in [0.5, 0.6) is 0 Å². The molecule has 86 valence electrons. The summed E-state index contributed by atoms with van der Waals surface area (Å²) in [4.78, 5) is 0. The van der Waals surface area contributed by atoms with Gasteiger partial charge in [-0.2, -0.15) is 0 Å². The van der Waals surface area contributed by atoms with Crippen molar-refractivity contribution in [3.05, 3.63) is 0 Å². The maximum absolute atomic E-state index is 9.71. The van der Waals surface area contributed by atoms with Gasteiger partial charge in [0.15, 0.2) is 0 Å². The average molecular weight is 241 g/mol. The van der Waals surface area contributed by atoms with E-state index in [1.54, 1.807) is 0 Å². The monoisotopic (exact) mass is 240 g/mol. The van der Waals surface area contributed by atoms with Gasteiger partial charge in [0.05, 0.1) is 11.4 Å². The lowest BCUT2D eigenvalue weighted by Gasteiger charge is -2.33. The van der Waals surface area contributed by atoms with Crippen molar-refractivity contribution in [2.24, 2.45) is 17.8 Å². The molecule has 0 saturated heterocycles. The van der Waals surface area contributed by atoms with E-state index in [1.807, 2.05) is 0 Å². The number of hydrogen-bond donors (Lipinski definition) is 1. The highest BCUT2D eigenvalue weighted by atomic mass is 35.5. The van der Waals surface area contributed by atoms with Crippen LogP contribution in [0.3, 0.4) is 0 Å². The minimum atomic E-state index is -0.0289. The predicted molar refractivity (Wildman–Crippen MR) is 63.9 cm³/mol. The zero-order valence-electron chi connectivity index (χ0n) is 9.34. The second-order valence-corrected chi connectivity index (χ2v) is 5.30. The molecule has 0 aromatic rings. The first-order valence-corrected chi connectivity index (χ1v) is 6.39. The van der Waals surface area contributed by atoms with Gasteiger partial charge in [0.2, 0.25) is 0 Å². The summed E-state index contributed by atoms with van der Waals surface area (Å²) in [5.41, 5.74) is 0. The van der Waals surface area contributed by atoms with Crippen LogP contribution < -0.4 is 0 Å². The number of aliphatic hydroxyl groups is 1. The lowest BCUT2D eigenvalue weighted by molar-refractivity contribution is 0.0266. The van der Waals surface area contributed by atoms with Gasteiger partial charge in [-0.25, -0.2) is 0 Å². The van der Waals surface area contributed by atoms with Crippen LogP contribution in [0.2, 0.25) is 0 Å². The van der Waals surface area contributed by atoms with Gasteiger partial charge in [-0.05, 0) is 30.6 Å². The topological polar surface area (TPSA) is 20.2 Å². The molecular weight excluding hydrogens is 219 g/mol. The quantitative estimate of drug-likeness (QED) is 0.691. The second kappa shape index (κ2) is 7.78. The van der Waals surface area contributed by atoms with E-state index in [-0.39, 0.29) is 11.4 Å². The van der Waals surface area contributed by atoms with Crippen molar-refractivity contribution in [1.29, 1.82) is 0 Å². The fourth-order valence-corrected chi connectivity index (χ4v) is 2.15. The molecule has 0 bridgehead atoms. The van der Waals surface area contributed by atoms with Crippen molar-refractivity contribution in [2.75, 3.05) is 5.34 Å². The summed E-state index contributed by atoms with van der Waals surface area (Å²) in [6, 6.07) is 0. The molecule has 0 aliphatic heterocycles. The Balaban J connectivity index is 0.000000500. The smallest absolute Gasteiger partial charge is 0.0967 e. The molecule has 0 heterocycles. The summed E-state index contributed by atoms with van der Waals surface area (Å²) in [5.74, 6) is 1.95. The molecule has 3 atom stereocenters. The fraction of sp³-hybridized carbons (Fsp3) is 1.00. The normalized spacial score (nSPS) is 32.4. The summed E-state index contributed by atoms with van der Waals surface area (Å²) in [6.07, 6.45) is 3.52. The van der Waals surface area contributed by atoms with Gasteiger partial charge in [0, 0.05) is 0 Å². The fourth-order valence-electron chi connectivity index (χ4n) is 2.15. The highest BCUT2D eigenvalue weighted by molar-refractivity contribution is 6.40. The Hall–Kier alpha value is 0.540. The lowest BCUT2D eigenvalue weighted by Crippen LogP contribution is -2.31. The molecule has 3 unspecified atom stereocenters. The third kappa shape index (κ3) is 5.43. The minimum Gasteiger partial charge on any atom is -0.393 e. The SMILES string of the molecule is CC1CCC(C(C)C)C(O)C1.ClCCl. The first-order valence-electron chi connectivity index (χ1n) is 5.32. The molecule has 14 heavy (non-hydrogen) atoms. The molecule has 3 heteroatoms. The van der Waals surface area contributed by atoms with Crippen LogP contribution in [0.25, 0.3) is 0 Å². The van der Waals surface area contributed by atoms with Crippen LogP contribution in [0.4, 0.5) is 0 Å². The third-order valence-electron chi connectivity index (χ3n) is 2.99. The minimum absolute atomic E-state index is 0.0289. The summed E-state index contributed by atoms with van der Waals surface area (Å²) < 4.78 is 0. The number of rotatable bonds is 1. The lowest BCUT2D eigenvalue weighted by atomic mass is 9.75. The highest BCUT2D eigenvalue weighted by Gasteiger charge is 2.28. The largest absolute Gasteiger partial charge is 0.393 e. The van der Waals surface area contributed by atoms with Crippen molar-refractivity contribution in [1.82, 2.24) is 0 Å². The molecular formula is C11H22Cl2O. The van der Waals surface area contributed by atoms with Crippen LogP contribution in [-0.2, 0) is 0 Å². The Bertz CT molecular complexity index is 139. The van der Waals surface area contributed by atoms with Crippen LogP contribution in [0, 0.1) is 17.8 Å². The van der Waals surface area contributed by atoms with E-state index in [9.17, 15) is 5.11 Å². The molecule has 0 radical (unpaired) electrons. The van der Waals surface area contributed by atoms with E-state index in [0.29, 0.717) is 11.8 Å². The molecule has 0 aromatic heterocycles. The van der Waals surface area contributed by atoms with E-state index < -0.39 is 0 Å². The highest BCUT2D eigenvalue weighted by Crippen LogP contribution is 2.33. The van der Waals surface area contributed by atoms with Gasteiger partial charge in [0.25, 0.3) is 0 Å². The Kier molecular flexibility index (Phi) is 8.08. The van der Waals surface area contributed by atoms with Crippen LogP contribution in [0.15, 0.2) is 0 Å². The summed E-state index contributed by atoms with van der Waals surface area (Å²) in [5, 5.41) is 9.90. The first kappa shape index (κ1) is 14.5. The predicted octanol–water partition coefficient (Wildman–Crippen LogP) is 3.86. The second-order valence-electron chi connectivity index (χ2n) is 4.49. The molecule has 0 spiro atoms. The standard InChI is InChI=1S/C10H20O.CH2Cl2/c1-7(2)9-5-4-8(3)6-10(9)11;2-1-3/h7-11H,4-6H2,1-3H3;1H2. The number of halogens is 2. The zero-order valence-corrected chi connectivity index (χ0v) is 10.9. The van der Waals surface area contributed by atoms with Crippen molar-refractivity contribution >= 4 is 23.2 Å². The number of hydrogen-bond acceptors (Lipinski definition) is 1. The van der Waals surface area contributed by atoms with E-state index in [1.165, 1.54) is 12.8 Å². The Morgan fingerprint density at radius 2 is 1.79 bits per heavy atom. The van der Waals surface area contributed by atoms with Gasteiger partial charge < -0.3 is 5.11 Å². The Morgan fingerprint density at radius 1 is 1.29 bits per heavy atom. The van der Waals surface area contributed by atoms with Crippen molar-refractivity contribution < 1.29 is 5.11 Å². The summed E-state index contributed by atoms with van der Waals surface area (Å²) >= 11 is 9.53. The van der Waals surface area contributed by atoms with Crippen molar-refractivity contribution in [3.63, 3.8) is 0 Å². The van der Waals surface area contributed by atoms with E-state index in [0.717, 1.165) is 12.3 Å². The van der Waals surface area contributed by atoms with Gasteiger partial charge in [-0.1, -0.05) is 27.2 Å². The van der Waals surface area contributed by atoms with Crippen molar-refractivity contribution in [3.8, 4) is 0 Å². The molecule has 1 N–H and O–H groups in total.